The summed E-state index contributed by atoms with van der Waals surface area (Å²) in [7, 11) is 0. The van der Waals surface area contributed by atoms with Gasteiger partial charge >= 0.3 is 41.7 Å². The largest absolute Gasteiger partial charge is 3.00 e. The Labute approximate surface area is 261 Å². The SMILES string of the molecule is [Ce+3].[Cl-].[Cl-].[Cl-].[Cl-].[Cl-].[Cl-].[Cl-].[Cl-].[Cl-].[Cl-].[Cl-].[Cl-].[Cl-].[NH4+].[NH4+].[NH4+].[NH4+].[NH4+].[NH4+].[NH4+].[NH4+].[NH4+].[NH4+]. The third kappa shape index (κ3) is 787. The molecule has 0 fully saturated rings. The summed E-state index contributed by atoms with van der Waals surface area (Å²) in [4.78, 5) is 0. The van der Waals surface area contributed by atoms with Crippen LogP contribution in [0, 0.1) is 41.7 Å². The molecule has 0 aliphatic rings. The van der Waals surface area contributed by atoms with E-state index in [4.69, 9.17) is 0 Å². The molecule has 0 saturated heterocycles. The second-order valence-corrected chi connectivity index (χ2v) is 0. The fourth-order valence-electron chi connectivity index (χ4n) is 0. The zero-order valence-corrected chi connectivity index (χ0v) is 28.4. The zero-order valence-electron chi connectivity index (χ0n) is 15.4. The van der Waals surface area contributed by atoms with Crippen LogP contribution in [0.3, 0.4) is 0 Å². The Morgan fingerprint density at radius 3 is 0.125 bits per heavy atom. The van der Waals surface area contributed by atoms with E-state index in [2.05, 4.69) is 0 Å². The summed E-state index contributed by atoms with van der Waals surface area (Å²) >= 11 is 0. The monoisotopic (exact) mass is 775 g/mol. The maximum absolute atomic E-state index is 0. The van der Waals surface area contributed by atoms with Crippen molar-refractivity contribution in [1.29, 1.82) is 0 Å². The van der Waals surface area contributed by atoms with Crippen molar-refractivity contribution in [2.45, 2.75) is 0 Å². The minimum atomic E-state index is 0. The molecular weight excluding hydrogens is 741 g/mol. The van der Waals surface area contributed by atoms with Crippen molar-refractivity contribution in [2.75, 3.05) is 0 Å². The molecule has 0 aromatic heterocycles. The van der Waals surface area contributed by atoms with Crippen molar-refractivity contribution in [3.8, 4) is 0 Å². The predicted octanol–water partition coefficient (Wildman–Crippen LogP) is -35.2. The first-order valence-corrected chi connectivity index (χ1v) is 0. The van der Waals surface area contributed by atoms with Gasteiger partial charge in [0.2, 0.25) is 0 Å². The number of halogens is 13. The first-order chi connectivity index (χ1) is 0. The van der Waals surface area contributed by atoms with Gasteiger partial charge in [0.1, 0.15) is 0 Å². The molecule has 24 heavy (non-hydrogen) atoms. The van der Waals surface area contributed by atoms with Gasteiger partial charge in [0.15, 0.2) is 0 Å². The van der Waals surface area contributed by atoms with E-state index in [0.29, 0.717) is 0 Å². The van der Waals surface area contributed by atoms with Gasteiger partial charge in [-0.2, -0.15) is 0 Å². The molecule has 0 aromatic carbocycles. The summed E-state index contributed by atoms with van der Waals surface area (Å²) in [6.45, 7) is 0. The molecule has 0 aromatic rings. The van der Waals surface area contributed by atoms with Crippen LogP contribution in [0.4, 0.5) is 0 Å². The quantitative estimate of drug-likeness (QED) is 0.110. The summed E-state index contributed by atoms with van der Waals surface area (Å²) in [5, 5.41) is 0. The van der Waals surface area contributed by atoms with E-state index in [1.54, 1.807) is 0 Å². The van der Waals surface area contributed by atoms with Gasteiger partial charge in [0.05, 0.1) is 0 Å². The molecule has 10 nitrogen and oxygen atoms in total. The third-order valence-electron chi connectivity index (χ3n) is 0. The zero-order chi connectivity index (χ0) is 0. The van der Waals surface area contributed by atoms with Crippen LogP contribution in [0.15, 0.2) is 0 Å². The normalized spacial score (nSPS) is 0. The van der Waals surface area contributed by atoms with E-state index >= 15 is 0 Å². The van der Waals surface area contributed by atoms with E-state index < -0.39 is 0 Å². The van der Waals surface area contributed by atoms with Gasteiger partial charge in [-0.1, -0.05) is 0 Å². The van der Waals surface area contributed by atoms with Crippen molar-refractivity contribution in [1.82, 2.24) is 61.5 Å². The van der Waals surface area contributed by atoms with Crippen LogP contribution < -0.4 is 223 Å². The minimum absolute atomic E-state index is 0. The molecule has 0 atom stereocenters. The molecule has 24 heteroatoms. The second kappa shape index (κ2) is 881. The predicted molar refractivity (Wildman–Crippen MR) is 59.8 cm³/mol. The van der Waals surface area contributed by atoms with Crippen molar-refractivity contribution in [3.05, 3.63) is 0 Å². The summed E-state index contributed by atoms with van der Waals surface area (Å²) in [6.07, 6.45) is 0. The topological polar surface area (TPSA) is 365 Å². The van der Waals surface area contributed by atoms with E-state index in [-0.39, 0.29) is 265 Å². The van der Waals surface area contributed by atoms with Gasteiger partial charge in [-0.25, -0.2) is 0 Å². The molecule has 0 unspecified atom stereocenters. The van der Waals surface area contributed by atoms with Crippen LogP contribution in [0.25, 0.3) is 0 Å². The fraction of sp³-hybridized carbons (Fsp3) is 0. The molecule has 1 radical (unpaired) electrons. The second-order valence-electron chi connectivity index (χ2n) is 0. The Morgan fingerprint density at radius 2 is 0.125 bits per heavy atom. The smallest absolute Gasteiger partial charge is 1.00 e. The van der Waals surface area contributed by atoms with E-state index in [9.17, 15) is 0 Å². The average Bonchev–Trinajstić information content (AvgIpc) is 0. The van der Waals surface area contributed by atoms with Crippen molar-refractivity contribution in [3.63, 3.8) is 0 Å². The van der Waals surface area contributed by atoms with Gasteiger partial charge in [-0.3, -0.25) is 0 Å². The molecule has 0 spiro atoms. The Hall–Kier alpha value is 4.75. The molecule has 0 aliphatic heterocycles. The van der Waals surface area contributed by atoms with Gasteiger partial charge in [0, 0.05) is 0 Å². The average molecular weight is 781 g/mol. The van der Waals surface area contributed by atoms with Crippen molar-refractivity contribution in [2.24, 2.45) is 0 Å². The first-order valence-electron chi connectivity index (χ1n) is 0. The number of hydrogen-bond acceptors (Lipinski definition) is 0. The van der Waals surface area contributed by atoms with Gasteiger partial charge in [0.25, 0.3) is 0 Å². The summed E-state index contributed by atoms with van der Waals surface area (Å²) in [6, 6.07) is 0. The minimum Gasteiger partial charge on any atom is -1.00 e. The van der Waals surface area contributed by atoms with Gasteiger partial charge in [-0.15, -0.1) is 0 Å². The van der Waals surface area contributed by atoms with Crippen LogP contribution in [-0.4, -0.2) is 0 Å². The molecule has 0 aliphatic carbocycles. The summed E-state index contributed by atoms with van der Waals surface area (Å²) in [5.41, 5.74) is 0. The molecule has 0 heterocycles. The first kappa shape index (κ1) is 982. The third-order valence-corrected chi connectivity index (χ3v) is 0. The molecule has 0 rings (SSSR count). The molecule has 40 N–H and O–H groups in total. The van der Waals surface area contributed by atoms with E-state index in [1.165, 1.54) is 0 Å². The molecule has 0 bridgehead atoms. The van der Waals surface area contributed by atoms with Crippen LogP contribution in [0.1, 0.15) is 0 Å². The number of hydrogen-bond donors (Lipinski definition) is 10. The Bertz CT molecular complexity index is 28.7. The van der Waals surface area contributed by atoms with Gasteiger partial charge in [-0.05, 0) is 0 Å². The Balaban J connectivity index is 0. The van der Waals surface area contributed by atoms with Crippen molar-refractivity contribution >= 4 is 0 Å². The van der Waals surface area contributed by atoms with E-state index in [1.807, 2.05) is 0 Å². The fourth-order valence-corrected chi connectivity index (χ4v) is 0. The number of rotatable bonds is 0. The van der Waals surface area contributed by atoms with Crippen LogP contribution in [0.5, 0.6) is 0 Å². The van der Waals surface area contributed by atoms with Crippen LogP contribution in [0.2, 0.25) is 0 Å². The van der Waals surface area contributed by atoms with Crippen LogP contribution >= 0.6 is 0 Å². The Kier molecular flexibility index (Phi) is 36100. The summed E-state index contributed by atoms with van der Waals surface area (Å²) in [5.74, 6) is 0. The molecular formula is H40CeCl13N10. The maximum atomic E-state index is 0. The molecule has 185 valence electrons. The van der Waals surface area contributed by atoms with Crippen molar-refractivity contribution < 1.29 is 203 Å². The molecule has 0 saturated carbocycles. The Morgan fingerprint density at radius 1 is 0.125 bits per heavy atom. The van der Waals surface area contributed by atoms with E-state index in [0.717, 1.165) is 0 Å². The van der Waals surface area contributed by atoms with Crippen LogP contribution in [-0.2, 0) is 0 Å². The standard InChI is InChI=1S/Ce.13ClH.10H3N/h;13*1H;10*1H3/q+3;;;;;;;;;;;;;;;;;;;;;;;/p-3. The number of quaternary nitrogens is 10. The molecule has 0 amide bonds. The van der Waals surface area contributed by atoms with Gasteiger partial charge < -0.3 is 223 Å². The maximum Gasteiger partial charge on any atom is 3.00 e. The summed E-state index contributed by atoms with van der Waals surface area (Å²) < 4.78 is 0.